The molecule has 1 fully saturated rings. The zero-order valence-corrected chi connectivity index (χ0v) is 10.6. The fraction of sp³-hybridized carbons (Fsp3) is 0.500. The number of nitrogens with two attached hydrogens (primary N) is 1. The molecular formula is C12H17BrN2. The Hall–Kier alpha value is -0.380. The first kappa shape index (κ1) is 11.1. The minimum atomic E-state index is 0.374. The highest BCUT2D eigenvalue weighted by molar-refractivity contribution is 9.10. The molecular weight excluding hydrogens is 252 g/mol. The lowest BCUT2D eigenvalue weighted by molar-refractivity contribution is 0.327. The van der Waals surface area contributed by atoms with Gasteiger partial charge in [0.05, 0.1) is 0 Å². The molecule has 0 bridgehead atoms. The Bertz CT molecular complexity index is 351. The fourth-order valence-corrected chi connectivity index (χ4v) is 2.43. The van der Waals surface area contributed by atoms with Crippen LogP contribution in [0.3, 0.4) is 0 Å². The summed E-state index contributed by atoms with van der Waals surface area (Å²) in [7, 11) is 0. The molecule has 15 heavy (non-hydrogen) atoms. The van der Waals surface area contributed by atoms with E-state index >= 15 is 0 Å². The van der Waals surface area contributed by atoms with Crippen LogP contribution in [-0.2, 0) is 6.54 Å². The first-order chi connectivity index (χ1) is 7.15. The Balaban J connectivity index is 2.02. The van der Waals surface area contributed by atoms with Gasteiger partial charge in [-0.2, -0.15) is 0 Å². The van der Waals surface area contributed by atoms with E-state index in [1.54, 1.807) is 0 Å². The molecule has 0 spiro atoms. The van der Waals surface area contributed by atoms with Crippen LogP contribution in [0.1, 0.15) is 17.5 Å². The average molecular weight is 269 g/mol. The van der Waals surface area contributed by atoms with Gasteiger partial charge in [-0.25, -0.2) is 0 Å². The maximum Gasteiger partial charge on any atom is 0.0234 e. The molecule has 1 saturated heterocycles. The van der Waals surface area contributed by atoms with Gasteiger partial charge in [-0.05, 0) is 30.5 Å². The van der Waals surface area contributed by atoms with Crippen LogP contribution < -0.4 is 5.73 Å². The molecule has 0 amide bonds. The summed E-state index contributed by atoms with van der Waals surface area (Å²) < 4.78 is 1.20. The summed E-state index contributed by atoms with van der Waals surface area (Å²) in [5, 5.41) is 0. The number of hydrogen-bond donors (Lipinski definition) is 1. The van der Waals surface area contributed by atoms with Gasteiger partial charge in [-0.1, -0.05) is 28.1 Å². The second-order valence-electron chi connectivity index (χ2n) is 4.37. The van der Waals surface area contributed by atoms with Crippen LogP contribution in [0.15, 0.2) is 22.7 Å². The van der Waals surface area contributed by atoms with Gasteiger partial charge in [-0.3, -0.25) is 4.90 Å². The standard InChI is InChI=1S/C12H17BrN2/c1-9-2-3-10(6-12(9)13)7-15-5-4-11(14)8-15/h2-3,6,11H,4-5,7-8,14H2,1H3/t11-/m1/s1. The van der Waals surface area contributed by atoms with E-state index in [-0.39, 0.29) is 0 Å². The molecule has 1 aliphatic heterocycles. The highest BCUT2D eigenvalue weighted by Crippen LogP contribution is 2.19. The summed E-state index contributed by atoms with van der Waals surface area (Å²) in [5.41, 5.74) is 8.53. The van der Waals surface area contributed by atoms with E-state index in [0.717, 1.165) is 26.1 Å². The number of likely N-dealkylation sites (tertiary alicyclic amines) is 1. The minimum Gasteiger partial charge on any atom is -0.326 e. The van der Waals surface area contributed by atoms with Crippen LogP contribution in [0, 0.1) is 6.92 Å². The monoisotopic (exact) mass is 268 g/mol. The summed E-state index contributed by atoms with van der Waals surface area (Å²) in [6.45, 7) is 5.30. The van der Waals surface area contributed by atoms with E-state index in [1.807, 2.05) is 0 Å². The molecule has 2 N–H and O–H groups in total. The highest BCUT2D eigenvalue weighted by Gasteiger charge is 2.18. The third kappa shape index (κ3) is 2.80. The van der Waals surface area contributed by atoms with Crippen LogP contribution in [0.5, 0.6) is 0 Å². The molecule has 1 aliphatic rings. The maximum absolute atomic E-state index is 5.88. The molecule has 1 atom stereocenters. The lowest BCUT2D eigenvalue weighted by atomic mass is 10.1. The van der Waals surface area contributed by atoms with Crippen molar-refractivity contribution in [3.63, 3.8) is 0 Å². The molecule has 2 rings (SSSR count). The van der Waals surface area contributed by atoms with Gasteiger partial charge in [-0.15, -0.1) is 0 Å². The van der Waals surface area contributed by atoms with Crippen molar-refractivity contribution in [3.8, 4) is 0 Å². The van der Waals surface area contributed by atoms with Gasteiger partial charge in [0.25, 0.3) is 0 Å². The van der Waals surface area contributed by atoms with Crippen molar-refractivity contribution in [3.05, 3.63) is 33.8 Å². The summed E-state index contributed by atoms with van der Waals surface area (Å²) in [4.78, 5) is 2.42. The molecule has 3 heteroatoms. The Morgan fingerprint density at radius 1 is 1.53 bits per heavy atom. The van der Waals surface area contributed by atoms with E-state index < -0.39 is 0 Å². The quantitative estimate of drug-likeness (QED) is 0.892. The zero-order chi connectivity index (χ0) is 10.8. The maximum atomic E-state index is 5.88. The van der Waals surface area contributed by atoms with Gasteiger partial charge >= 0.3 is 0 Å². The van der Waals surface area contributed by atoms with Gasteiger partial charge < -0.3 is 5.73 Å². The van der Waals surface area contributed by atoms with E-state index in [9.17, 15) is 0 Å². The summed E-state index contributed by atoms with van der Waals surface area (Å²) in [6, 6.07) is 6.94. The SMILES string of the molecule is Cc1ccc(CN2CC[C@@H](N)C2)cc1Br. The molecule has 1 aromatic carbocycles. The second-order valence-corrected chi connectivity index (χ2v) is 5.22. The fourth-order valence-electron chi connectivity index (χ4n) is 2.00. The molecule has 2 nitrogen and oxygen atoms in total. The van der Waals surface area contributed by atoms with Crippen molar-refractivity contribution in [2.75, 3.05) is 13.1 Å². The van der Waals surface area contributed by atoms with E-state index in [4.69, 9.17) is 5.73 Å². The van der Waals surface area contributed by atoms with Gasteiger partial charge in [0.2, 0.25) is 0 Å². The minimum absolute atomic E-state index is 0.374. The van der Waals surface area contributed by atoms with Crippen molar-refractivity contribution >= 4 is 15.9 Å². The molecule has 0 aromatic heterocycles. The molecule has 0 saturated carbocycles. The highest BCUT2D eigenvalue weighted by atomic mass is 79.9. The van der Waals surface area contributed by atoms with Crippen LogP contribution in [0.25, 0.3) is 0 Å². The molecule has 0 aliphatic carbocycles. The predicted molar refractivity (Wildman–Crippen MR) is 66.7 cm³/mol. The Morgan fingerprint density at radius 2 is 2.33 bits per heavy atom. The van der Waals surface area contributed by atoms with E-state index in [2.05, 4.69) is 46.0 Å². The van der Waals surface area contributed by atoms with Crippen molar-refractivity contribution in [2.45, 2.75) is 25.9 Å². The zero-order valence-electron chi connectivity index (χ0n) is 9.04. The van der Waals surface area contributed by atoms with Gasteiger partial charge in [0.15, 0.2) is 0 Å². The Kier molecular flexibility index (Phi) is 3.44. The number of aryl methyl sites for hydroxylation is 1. The lowest BCUT2D eigenvalue weighted by Crippen LogP contribution is -2.26. The number of hydrogen-bond acceptors (Lipinski definition) is 2. The van der Waals surface area contributed by atoms with Crippen LogP contribution >= 0.6 is 15.9 Å². The third-order valence-corrected chi connectivity index (χ3v) is 3.81. The van der Waals surface area contributed by atoms with Crippen molar-refractivity contribution < 1.29 is 0 Å². The normalized spacial score (nSPS) is 22.2. The third-order valence-electron chi connectivity index (χ3n) is 2.95. The summed E-state index contributed by atoms with van der Waals surface area (Å²) in [6.07, 6.45) is 1.13. The molecule has 1 aromatic rings. The van der Waals surface area contributed by atoms with E-state index in [1.165, 1.54) is 15.6 Å². The number of halogens is 1. The van der Waals surface area contributed by atoms with Crippen LogP contribution in [0.2, 0.25) is 0 Å². The van der Waals surface area contributed by atoms with Crippen LogP contribution in [-0.4, -0.2) is 24.0 Å². The number of rotatable bonds is 2. The summed E-state index contributed by atoms with van der Waals surface area (Å²) in [5.74, 6) is 0. The number of nitrogens with zero attached hydrogens (tertiary/aromatic N) is 1. The summed E-state index contributed by atoms with van der Waals surface area (Å²) >= 11 is 3.56. The molecule has 0 radical (unpaired) electrons. The Morgan fingerprint density at radius 3 is 2.93 bits per heavy atom. The predicted octanol–water partition coefficient (Wildman–Crippen LogP) is 2.29. The van der Waals surface area contributed by atoms with E-state index in [0.29, 0.717) is 6.04 Å². The molecule has 0 unspecified atom stereocenters. The first-order valence-corrected chi connectivity index (χ1v) is 6.17. The first-order valence-electron chi connectivity index (χ1n) is 5.38. The topological polar surface area (TPSA) is 29.3 Å². The average Bonchev–Trinajstić information content (AvgIpc) is 2.58. The second kappa shape index (κ2) is 4.64. The van der Waals surface area contributed by atoms with Crippen LogP contribution in [0.4, 0.5) is 0 Å². The largest absolute Gasteiger partial charge is 0.326 e. The van der Waals surface area contributed by atoms with Crippen molar-refractivity contribution in [1.82, 2.24) is 4.90 Å². The lowest BCUT2D eigenvalue weighted by Gasteiger charge is -2.15. The molecule has 1 heterocycles. The van der Waals surface area contributed by atoms with Gasteiger partial charge in [0, 0.05) is 30.1 Å². The smallest absolute Gasteiger partial charge is 0.0234 e. The van der Waals surface area contributed by atoms with Crippen molar-refractivity contribution in [1.29, 1.82) is 0 Å². The molecule has 82 valence electrons. The van der Waals surface area contributed by atoms with Crippen molar-refractivity contribution in [2.24, 2.45) is 5.73 Å². The number of benzene rings is 1. The van der Waals surface area contributed by atoms with Gasteiger partial charge in [0.1, 0.15) is 0 Å². The Labute approximate surface area is 99.6 Å².